The van der Waals surface area contributed by atoms with Crippen LogP contribution in [0.15, 0.2) is 54.6 Å². The van der Waals surface area contributed by atoms with E-state index >= 15 is 0 Å². The quantitative estimate of drug-likeness (QED) is 0.690. The highest BCUT2D eigenvalue weighted by atomic mass is 19.1. The van der Waals surface area contributed by atoms with Crippen LogP contribution in [0.1, 0.15) is 10.5 Å². The van der Waals surface area contributed by atoms with Crippen molar-refractivity contribution in [3.63, 3.8) is 0 Å². The summed E-state index contributed by atoms with van der Waals surface area (Å²) in [5, 5.41) is 7.06. The summed E-state index contributed by atoms with van der Waals surface area (Å²) in [6.07, 6.45) is 0. The predicted octanol–water partition coefficient (Wildman–Crippen LogP) is 3.19. The molecule has 1 aromatic heterocycles. The van der Waals surface area contributed by atoms with Crippen LogP contribution in [0.2, 0.25) is 0 Å². The zero-order valence-electron chi connectivity index (χ0n) is 14.1. The van der Waals surface area contributed by atoms with Crippen LogP contribution >= 0.6 is 0 Å². The lowest BCUT2D eigenvalue weighted by molar-refractivity contribution is 0.0929. The largest absolute Gasteiger partial charge is 0.383 e. The summed E-state index contributed by atoms with van der Waals surface area (Å²) >= 11 is 0. The number of ether oxygens (including phenoxy) is 1. The maximum atomic E-state index is 14.1. The Hall–Kier alpha value is -3.06. The van der Waals surface area contributed by atoms with Crippen LogP contribution in [0.4, 0.5) is 8.78 Å². The number of carbonyl (C=O) groups excluding carboxylic acids is 1. The average molecular weight is 357 g/mol. The van der Waals surface area contributed by atoms with Crippen molar-refractivity contribution in [2.75, 3.05) is 20.3 Å². The molecule has 0 atom stereocenters. The number of amides is 1. The Morgan fingerprint density at radius 1 is 1.15 bits per heavy atom. The molecule has 0 fully saturated rings. The molecule has 0 saturated heterocycles. The normalized spacial score (nSPS) is 10.7. The van der Waals surface area contributed by atoms with Crippen molar-refractivity contribution in [3.05, 3.63) is 71.9 Å². The van der Waals surface area contributed by atoms with E-state index in [1.54, 1.807) is 18.2 Å². The summed E-state index contributed by atoms with van der Waals surface area (Å²) in [5.41, 5.74) is 1.29. The van der Waals surface area contributed by atoms with Gasteiger partial charge in [-0.15, -0.1) is 0 Å². The van der Waals surface area contributed by atoms with Gasteiger partial charge in [0.15, 0.2) is 0 Å². The molecule has 7 heteroatoms. The first-order valence-corrected chi connectivity index (χ1v) is 7.98. The number of benzene rings is 2. The van der Waals surface area contributed by atoms with Crippen molar-refractivity contribution in [1.29, 1.82) is 0 Å². The summed E-state index contributed by atoms with van der Waals surface area (Å²) in [6, 6.07) is 13.2. The maximum Gasteiger partial charge on any atom is 0.270 e. The van der Waals surface area contributed by atoms with E-state index in [9.17, 15) is 13.6 Å². The van der Waals surface area contributed by atoms with Gasteiger partial charge >= 0.3 is 0 Å². The van der Waals surface area contributed by atoms with E-state index in [0.29, 0.717) is 24.5 Å². The van der Waals surface area contributed by atoms with E-state index in [-0.39, 0.29) is 17.2 Å². The molecule has 134 valence electrons. The molecular formula is C19H17F2N3O2. The predicted molar refractivity (Wildman–Crippen MR) is 93.1 cm³/mol. The van der Waals surface area contributed by atoms with Crippen molar-refractivity contribution in [2.45, 2.75) is 0 Å². The maximum absolute atomic E-state index is 14.1. The Morgan fingerprint density at radius 3 is 2.58 bits per heavy atom. The molecule has 26 heavy (non-hydrogen) atoms. The summed E-state index contributed by atoms with van der Waals surface area (Å²) in [6.45, 7) is 0.676. The van der Waals surface area contributed by atoms with Gasteiger partial charge in [-0.3, -0.25) is 4.79 Å². The molecule has 2 aromatic carbocycles. The van der Waals surface area contributed by atoms with Gasteiger partial charge in [0, 0.05) is 19.2 Å². The fraction of sp³-hybridized carbons (Fsp3) is 0.158. The first-order chi connectivity index (χ1) is 12.6. The van der Waals surface area contributed by atoms with Crippen LogP contribution in [0, 0.1) is 11.6 Å². The lowest BCUT2D eigenvalue weighted by Crippen LogP contribution is -2.28. The number of carbonyl (C=O) groups is 1. The molecule has 0 spiro atoms. The van der Waals surface area contributed by atoms with Crippen molar-refractivity contribution in [2.24, 2.45) is 0 Å². The molecule has 0 aliphatic carbocycles. The number of methoxy groups -OCH3 is 1. The van der Waals surface area contributed by atoms with Crippen LogP contribution in [0.5, 0.6) is 0 Å². The van der Waals surface area contributed by atoms with Crippen LogP contribution in [0.25, 0.3) is 16.9 Å². The SMILES string of the molecule is COCCNC(=O)c1cc(-c2ccccc2F)nn1-c1ccc(F)cc1. The monoisotopic (exact) mass is 357 g/mol. The third-order valence-electron chi connectivity index (χ3n) is 3.75. The summed E-state index contributed by atoms with van der Waals surface area (Å²) in [4.78, 5) is 12.5. The second-order valence-electron chi connectivity index (χ2n) is 5.53. The molecule has 1 heterocycles. The molecule has 1 N–H and O–H groups in total. The number of rotatable bonds is 6. The highest BCUT2D eigenvalue weighted by Gasteiger charge is 2.19. The van der Waals surface area contributed by atoms with Crippen LogP contribution in [-0.2, 0) is 4.74 Å². The van der Waals surface area contributed by atoms with E-state index in [0.717, 1.165) is 0 Å². The second kappa shape index (κ2) is 7.88. The van der Waals surface area contributed by atoms with Crippen molar-refractivity contribution in [1.82, 2.24) is 15.1 Å². The van der Waals surface area contributed by atoms with Gasteiger partial charge in [0.1, 0.15) is 17.3 Å². The molecule has 0 unspecified atom stereocenters. The number of nitrogens with one attached hydrogen (secondary N) is 1. The summed E-state index contributed by atoms with van der Waals surface area (Å²) < 4.78 is 33.6. The molecule has 0 saturated carbocycles. The van der Waals surface area contributed by atoms with E-state index in [4.69, 9.17) is 4.74 Å². The van der Waals surface area contributed by atoms with E-state index in [1.165, 1.54) is 48.2 Å². The highest BCUT2D eigenvalue weighted by Crippen LogP contribution is 2.24. The van der Waals surface area contributed by atoms with Crippen molar-refractivity contribution < 1.29 is 18.3 Å². The molecule has 3 aromatic rings. The fourth-order valence-electron chi connectivity index (χ4n) is 2.48. The second-order valence-corrected chi connectivity index (χ2v) is 5.53. The number of hydrogen-bond donors (Lipinski definition) is 1. The highest BCUT2D eigenvalue weighted by molar-refractivity contribution is 5.94. The Bertz CT molecular complexity index is 907. The summed E-state index contributed by atoms with van der Waals surface area (Å²) in [7, 11) is 1.53. The molecule has 1 amide bonds. The van der Waals surface area contributed by atoms with E-state index < -0.39 is 11.6 Å². The minimum atomic E-state index is -0.442. The summed E-state index contributed by atoms with van der Waals surface area (Å²) in [5.74, 6) is -1.23. The van der Waals surface area contributed by atoms with Crippen LogP contribution < -0.4 is 5.32 Å². The van der Waals surface area contributed by atoms with Gasteiger partial charge in [0.05, 0.1) is 18.0 Å². The van der Waals surface area contributed by atoms with Gasteiger partial charge < -0.3 is 10.1 Å². The Morgan fingerprint density at radius 2 is 1.88 bits per heavy atom. The third kappa shape index (κ3) is 3.78. The Kier molecular flexibility index (Phi) is 5.38. The van der Waals surface area contributed by atoms with Gasteiger partial charge in [-0.1, -0.05) is 12.1 Å². The van der Waals surface area contributed by atoms with Crippen molar-refractivity contribution >= 4 is 5.91 Å². The molecule has 5 nitrogen and oxygen atoms in total. The first kappa shape index (κ1) is 17.8. The van der Waals surface area contributed by atoms with Crippen LogP contribution in [0.3, 0.4) is 0 Å². The Labute approximate surface area is 149 Å². The fourth-order valence-corrected chi connectivity index (χ4v) is 2.48. The molecular weight excluding hydrogens is 340 g/mol. The van der Waals surface area contributed by atoms with Gasteiger partial charge in [0.25, 0.3) is 5.91 Å². The third-order valence-corrected chi connectivity index (χ3v) is 3.75. The number of hydrogen-bond acceptors (Lipinski definition) is 3. The lowest BCUT2D eigenvalue weighted by atomic mass is 10.1. The smallest absolute Gasteiger partial charge is 0.270 e. The molecule has 0 bridgehead atoms. The molecule has 0 aliphatic heterocycles. The standard InChI is InChI=1S/C19H17F2N3O2/c1-26-11-10-22-19(25)18-12-17(15-4-2-3-5-16(15)21)23-24(18)14-8-6-13(20)7-9-14/h2-9,12H,10-11H2,1H3,(H,22,25). The Balaban J connectivity index is 2.04. The van der Waals surface area contributed by atoms with Gasteiger partial charge in [-0.05, 0) is 42.5 Å². The van der Waals surface area contributed by atoms with Crippen molar-refractivity contribution in [3.8, 4) is 16.9 Å². The minimum absolute atomic E-state index is 0.214. The van der Waals surface area contributed by atoms with E-state index in [2.05, 4.69) is 10.4 Å². The minimum Gasteiger partial charge on any atom is -0.383 e. The topological polar surface area (TPSA) is 56.1 Å². The zero-order chi connectivity index (χ0) is 18.5. The van der Waals surface area contributed by atoms with E-state index in [1.807, 2.05) is 0 Å². The van der Waals surface area contributed by atoms with Crippen LogP contribution in [-0.4, -0.2) is 35.9 Å². The van der Waals surface area contributed by atoms with Gasteiger partial charge in [0.2, 0.25) is 0 Å². The molecule has 0 radical (unpaired) electrons. The molecule has 3 rings (SSSR count). The first-order valence-electron chi connectivity index (χ1n) is 7.98. The zero-order valence-corrected chi connectivity index (χ0v) is 14.1. The number of halogens is 2. The number of aromatic nitrogens is 2. The van der Waals surface area contributed by atoms with Gasteiger partial charge in [-0.25, -0.2) is 13.5 Å². The number of nitrogens with zero attached hydrogens (tertiary/aromatic N) is 2. The average Bonchev–Trinajstić information content (AvgIpc) is 3.08. The van der Waals surface area contributed by atoms with Gasteiger partial charge in [-0.2, -0.15) is 5.10 Å². The molecule has 0 aliphatic rings. The lowest BCUT2D eigenvalue weighted by Gasteiger charge is -2.08.